The molecule has 0 amide bonds. The number of aromatic amines is 1. The van der Waals surface area contributed by atoms with E-state index in [2.05, 4.69) is 47.6 Å². The predicted octanol–water partition coefficient (Wildman–Crippen LogP) is -1.88. The first-order chi connectivity index (χ1) is 22.2. The summed E-state index contributed by atoms with van der Waals surface area (Å²) in [4.78, 5) is 55.2. The molecule has 4 aromatic rings. The van der Waals surface area contributed by atoms with Crippen molar-refractivity contribution >= 4 is 71.6 Å². The van der Waals surface area contributed by atoms with Gasteiger partial charge in [-0.25, -0.2) is 24.3 Å². The summed E-state index contributed by atoms with van der Waals surface area (Å²) in [6, 6.07) is 0. The second-order valence-corrected chi connectivity index (χ2v) is 14.9. The maximum atomic E-state index is 15.9. The van der Waals surface area contributed by atoms with Gasteiger partial charge in [0.25, 0.3) is 5.56 Å². The van der Waals surface area contributed by atoms with Crippen molar-refractivity contribution in [3.8, 4) is 12.3 Å². The Balaban J connectivity index is 1.25. The van der Waals surface area contributed by atoms with Crippen molar-refractivity contribution in [2.24, 2.45) is 0 Å². The van der Waals surface area contributed by atoms with Crippen LogP contribution in [0.5, 0.6) is 0 Å². The lowest BCUT2D eigenvalue weighted by Gasteiger charge is -2.30. The minimum Gasteiger partial charge on any atom is -0.386 e. The van der Waals surface area contributed by atoms with Gasteiger partial charge in [-0.1, -0.05) is 5.92 Å². The lowest BCUT2D eigenvalue weighted by Crippen LogP contribution is -2.45. The third-order valence-electron chi connectivity index (χ3n) is 7.39. The fraction of sp³-hybridized carbons (Fsp3) is 0.455. The molecule has 0 aliphatic carbocycles. The van der Waals surface area contributed by atoms with Crippen molar-refractivity contribution in [3.05, 3.63) is 29.3 Å². The molecule has 6 rings (SSSR count). The molecule has 252 valence electrons. The molecule has 0 aromatic carbocycles. The first-order valence-corrected chi connectivity index (χ1v) is 18.3. The van der Waals surface area contributed by atoms with Gasteiger partial charge in [0.15, 0.2) is 54.0 Å². The van der Waals surface area contributed by atoms with Crippen LogP contribution in [0.4, 0.5) is 16.2 Å². The van der Waals surface area contributed by atoms with Gasteiger partial charge < -0.3 is 50.0 Å². The summed E-state index contributed by atoms with van der Waals surface area (Å²) in [5.74, 6) is 2.00. The molecule has 25 heteroatoms. The predicted molar refractivity (Wildman–Crippen MR) is 166 cm³/mol. The van der Waals surface area contributed by atoms with Gasteiger partial charge in [0.1, 0.15) is 36.3 Å². The van der Waals surface area contributed by atoms with Crippen molar-refractivity contribution in [2.45, 2.75) is 48.6 Å². The Kier molecular flexibility index (Phi) is 9.18. The first kappa shape index (κ1) is 33.8. The van der Waals surface area contributed by atoms with E-state index >= 15 is 4.39 Å². The molecule has 47 heavy (non-hydrogen) atoms. The van der Waals surface area contributed by atoms with Crippen molar-refractivity contribution < 1.29 is 47.4 Å². The zero-order valence-electron chi connectivity index (χ0n) is 23.4. The Morgan fingerprint density at radius 3 is 2.60 bits per heavy atom. The summed E-state index contributed by atoms with van der Waals surface area (Å²) >= 11 is 9.83. The molecule has 2 fully saturated rings. The summed E-state index contributed by atoms with van der Waals surface area (Å²) < 4.78 is 46.0. The molecule has 9 N–H and O–H groups in total. The standard InChI is InChI=1S/C22H25FN10O10P2S2/c1-2-22(14(35)12(34)19(42-22)32-6-28-10-15(24)26-5-27-16(10)32)4-40-45(38,47)43-13-9(23)8(3-39-44(37)46)41-20(13)33-7-29-11-17(33)30-21(25)31-18(11)36/h1,5-9,12-14,19-20,34-35,44H,3-4H2,(H,37,46)(H,38,47)(H2,24,26,27)(H3,25,30,31,36)/t8-,9-,12-,13-,14+,19-,20-,22-,45?/m1/s1. The third kappa shape index (κ3) is 6.17. The molecule has 2 aliphatic rings. The number of anilines is 2. The van der Waals surface area contributed by atoms with Gasteiger partial charge in [0.2, 0.25) is 5.95 Å². The minimum atomic E-state index is -4.50. The Morgan fingerprint density at radius 2 is 1.89 bits per heavy atom. The highest BCUT2D eigenvalue weighted by Crippen LogP contribution is 2.52. The number of nitrogens with one attached hydrogen (secondary N) is 1. The topological polar surface area (TPSA) is 286 Å². The SMILES string of the molecule is C#C[C@]1(COP(O)(=S)O[C@@H]2[C@H](F)[C@@H](CO[PH](O)=S)O[C@H]2n2cnc3c(=O)[nH]c(N)nc32)O[C@@H](n2cnc3c(N)ncnc32)[C@H](O)[C@@H]1O. The van der Waals surface area contributed by atoms with E-state index in [1.165, 1.54) is 10.9 Å². The number of terminal acetylenes is 1. The van der Waals surface area contributed by atoms with Crippen molar-refractivity contribution in [1.29, 1.82) is 0 Å². The molecule has 0 saturated carbocycles. The molecular formula is C22H25FN10O10P2S2. The van der Waals surface area contributed by atoms with Gasteiger partial charge in [-0.2, -0.15) is 4.98 Å². The normalized spacial score (nSPS) is 31.3. The molecule has 2 aliphatic heterocycles. The van der Waals surface area contributed by atoms with Crippen molar-refractivity contribution in [1.82, 2.24) is 39.0 Å². The highest BCUT2D eigenvalue weighted by molar-refractivity contribution is 8.07. The van der Waals surface area contributed by atoms with E-state index in [4.69, 9.17) is 52.7 Å². The fourth-order valence-electron chi connectivity index (χ4n) is 5.15. The average molecular weight is 735 g/mol. The molecule has 0 bridgehead atoms. The fourth-order valence-corrected chi connectivity index (χ4v) is 7.07. The number of rotatable bonds is 10. The number of nitrogens with two attached hydrogens (primary N) is 2. The second kappa shape index (κ2) is 12.8. The van der Waals surface area contributed by atoms with Crippen molar-refractivity contribution in [3.63, 3.8) is 0 Å². The number of ether oxygens (including phenoxy) is 2. The number of aliphatic hydroxyl groups is 2. The number of aliphatic hydroxyl groups excluding tert-OH is 2. The zero-order chi connectivity index (χ0) is 33.8. The summed E-state index contributed by atoms with van der Waals surface area (Å²) in [6.07, 6.45) is -2.34. The number of nitrogens with zero attached hydrogens (tertiary/aromatic N) is 7. The molecule has 2 saturated heterocycles. The molecule has 20 nitrogen and oxygen atoms in total. The van der Waals surface area contributed by atoms with Crippen LogP contribution in [0.25, 0.3) is 22.3 Å². The number of H-pyrrole nitrogens is 1. The number of nitrogen functional groups attached to an aromatic ring is 2. The van der Waals surface area contributed by atoms with Gasteiger partial charge >= 0.3 is 6.72 Å². The molecular weight excluding hydrogens is 709 g/mol. The van der Waals surface area contributed by atoms with Crippen LogP contribution in [0.1, 0.15) is 12.5 Å². The smallest absolute Gasteiger partial charge is 0.325 e. The third-order valence-corrected chi connectivity index (χ3v) is 9.69. The van der Waals surface area contributed by atoms with Crippen LogP contribution in [0.15, 0.2) is 23.8 Å². The van der Waals surface area contributed by atoms with Gasteiger partial charge in [-0.3, -0.25) is 23.4 Å². The van der Waals surface area contributed by atoms with E-state index < -0.39 is 81.3 Å². The van der Waals surface area contributed by atoms with E-state index in [0.717, 1.165) is 17.2 Å². The summed E-state index contributed by atoms with van der Waals surface area (Å²) in [7, 11) is -2.67. The maximum absolute atomic E-state index is 15.9. The van der Waals surface area contributed by atoms with Crippen LogP contribution in [-0.2, 0) is 46.7 Å². The van der Waals surface area contributed by atoms with Gasteiger partial charge in [-0.05, 0) is 23.6 Å². The van der Waals surface area contributed by atoms with Crippen LogP contribution in [0.3, 0.4) is 0 Å². The Hall–Kier alpha value is -3.07. The van der Waals surface area contributed by atoms with Crippen LogP contribution in [-0.4, -0.2) is 108 Å². The Bertz CT molecular complexity index is 2010. The molecule has 4 aromatic heterocycles. The van der Waals surface area contributed by atoms with Crippen LogP contribution in [0.2, 0.25) is 0 Å². The highest BCUT2D eigenvalue weighted by atomic mass is 32.5. The number of aromatic nitrogens is 8. The average Bonchev–Trinajstić information content (AvgIpc) is 3.77. The van der Waals surface area contributed by atoms with Gasteiger partial charge in [-0.15, -0.1) is 6.42 Å². The van der Waals surface area contributed by atoms with Crippen LogP contribution >= 0.6 is 13.9 Å². The summed E-state index contributed by atoms with van der Waals surface area (Å²) in [5, 5.41) is 21.9. The number of imidazole rings is 2. The summed E-state index contributed by atoms with van der Waals surface area (Å²) in [6.45, 7) is -5.86. The van der Waals surface area contributed by atoms with E-state index in [1.54, 1.807) is 0 Å². The monoisotopic (exact) mass is 734 g/mol. The number of hydrogen-bond acceptors (Lipinski definition) is 17. The lowest BCUT2D eigenvalue weighted by molar-refractivity contribution is -0.0908. The largest absolute Gasteiger partial charge is 0.386 e. The van der Waals surface area contributed by atoms with Crippen LogP contribution < -0.4 is 17.0 Å². The second-order valence-electron chi connectivity index (χ2n) is 10.2. The van der Waals surface area contributed by atoms with E-state index in [0.29, 0.717) is 0 Å². The summed E-state index contributed by atoms with van der Waals surface area (Å²) in [5.41, 5.74) is 8.78. The Labute approximate surface area is 272 Å². The Morgan fingerprint density at radius 1 is 1.19 bits per heavy atom. The van der Waals surface area contributed by atoms with E-state index in [-0.39, 0.29) is 34.1 Å². The number of hydrogen-bond donors (Lipinski definition) is 7. The van der Waals surface area contributed by atoms with E-state index in [9.17, 15) is 24.8 Å². The van der Waals surface area contributed by atoms with Gasteiger partial charge in [0, 0.05) is 0 Å². The van der Waals surface area contributed by atoms with Crippen molar-refractivity contribution in [2.75, 3.05) is 24.7 Å². The molecule has 2 unspecified atom stereocenters. The molecule has 0 spiro atoms. The molecule has 0 radical (unpaired) electrons. The first-order valence-electron chi connectivity index (χ1n) is 13.2. The number of halogens is 1. The zero-order valence-corrected chi connectivity index (χ0v) is 27.0. The number of alkyl halides is 1. The van der Waals surface area contributed by atoms with Crippen LogP contribution in [0, 0.1) is 12.3 Å². The molecule has 10 atom stereocenters. The molecule has 6 heterocycles. The lowest BCUT2D eigenvalue weighted by atomic mass is 9.97. The minimum absolute atomic E-state index is 0.0530. The van der Waals surface area contributed by atoms with Gasteiger partial charge in [0.05, 0.1) is 25.9 Å². The van der Waals surface area contributed by atoms with E-state index in [1.807, 2.05) is 0 Å². The maximum Gasteiger partial charge on any atom is 0.325 e. The number of fused-ring (bicyclic) bond motifs is 2. The quantitative estimate of drug-likeness (QED) is 0.0693. The highest BCUT2D eigenvalue weighted by Gasteiger charge is 2.56.